The number of fused-ring (bicyclic) bond motifs is 1. The molecule has 0 unspecified atom stereocenters. The fourth-order valence-electron chi connectivity index (χ4n) is 3.46. The first-order chi connectivity index (χ1) is 13.1. The summed E-state index contributed by atoms with van der Waals surface area (Å²) in [5.41, 5.74) is 1.08. The molecule has 28 heavy (non-hydrogen) atoms. The smallest absolute Gasteiger partial charge is 0.241 e. The average Bonchev–Trinajstić information content (AvgIpc) is 2.61. The maximum atomic E-state index is 13.2. The standard InChI is InChI=1S/C22H25FN2O2S/c1-22(2,15-16-11-13-17(23)14-12-16)24-28(26,27)21-10-6-7-18-19(21)8-5-9-20(18)25(3)4/h5-14,24H,15H2,1-4H3. The Morgan fingerprint density at radius 2 is 1.54 bits per heavy atom. The zero-order valence-corrected chi connectivity index (χ0v) is 17.3. The maximum Gasteiger partial charge on any atom is 0.241 e. The lowest BCUT2D eigenvalue weighted by atomic mass is 9.96. The summed E-state index contributed by atoms with van der Waals surface area (Å²) in [6, 6.07) is 17.1. The fourth-order valence-corrected chi connectivity index (χ4v) is 5.09. The van der Waals surface area contributed by atoms with Crippen molar-refractivity contribution in [3.63, 3.8) is 0 Å². The Hall–Kier alpha value is -2.44. The lowest BCUT2D eigenvalue weighted by Gasteiger charge is -2.27. The van der Waals surface area contributed by atoms with Gasteiger partial charge in [0.15, 0.2) is 0 Å². The van der Waals surface area contributed by atoms with Crippen LogP contribution < -0.4 is 9.62 Å². The Balaban J connectivity index is 1.96. The summed E-state index contributed by atoms with van der Waals surface area (Å²) in [7, 11) is 0.103. The third-order valence-electron chi connectivity index (χ3n) is 4.60. The molecule has 0 aliphatic carbocycles. The van der Waals surface area contributed by atoms with E-state index in [1.807, 2.05) is 57.1 Å². The molecule has 0 atom stereocenters. The Bertz CT molecular complexity index is 1090. The fraction of sp³-hybridized carbons (Fsp3) is 0.273. The molecule has 0 saturated heterocycles. The van der Waals surface area contributed by atoms with Crippen LogP contribution in [0.5, 0.6) is 0 Å². The van der Waals surface area contributed by atoms with Crippen molar-refractivity contribution < 1.29 is 12.8 Å². The molecule has 0 radical (unpaired) electrons. The van der Waals surface area contributed by atoms with Crippen molar-refractivity contribution in [1.82, 2.24) is 4.72 Å². The molecule has 3 rings (SSSR count). The summed E-state index contributed by atoms with van der Waals surface area (Å²) in [4.78, 5) is 2.21. The summed E-state index contributed by atoms with van der Waals surface area (Å²) >= 11 is 0. The minimum atomic E-state index is -3.76. The molecule has 148 valence electrons. The number of nitrogens with zero attached hydrogens (tertiary/aromatic N) is 1. The number of halogens is 1. The minimum absolute atomic E-state index is 0.251. The van der Waals surface area contributed by atoms with Crippen molar-refractivity contribution in [2.75, 3.05) is 19.0 Å². The van der Waals surface area contributed by atoms with Gasteiger partial charge in [-0.3, -0.25) is 0 Å². The molecule has 0 amide bonds. The number of benzene rings is 3. The van der Waals surface area contributed by atoms with Gasteiger partial charge in [-0.1, -0.05) is 36.4 Å². The zero-order chi connectivity index (χ0) is 20.5. The monoisotopic (exact) mass is 400 g/mol. The maximum absolute atomic E-state index is 13.2. The van der Waals surface area contributed by atoms with E-state index in [0.29, 0.717) is 11.8 Å². The second-order valence-corrected chi connectivity index (χ2v) is 9.47. The molecule has 0 heterocycles. The molecule has 4 nitrogen and oxygen atoms in total. The van der Waals surface area contributed by atoms with Crippen LogP contribution in [0.3, 0.4) is 0 Å². The van der Waals surface area contributed by atoms with Crippen LogP contribution >= 0.6 is 0 Å². The normalized spacial score (nSPS) is 12.3. The first kappa shape index (κ1) is 20.3. The highest BCUT2D eigenvalue weighted by molar-refractivity contribution is 7.89. The van der Waals surface area contributed by atoms with Gasteiger partial charge < -0.3 is 4.90 Å². The summed E-state index contributed by atoms with van der Waals surface area (Å²) in [6.07, 6.45) is 0.445. The number of rotatable bonds is 6. The average molecular weight is 401 g/mol. The van der Waals surface area contributed by atoms with E-state index in [9.17, 15) is 12.8 Å². The molecular weight excluding hydrogens is 375 g/mol. The predicted octanol–water partition coefficient (Wildman–Crippen LogP) is 4.34. The van der Waals surface area contributed by atoms with Crippen molar-refractivity contribution >= 4 is 26.5 Å². The lowest BCUT2D eigenvalue weighted by molar-refractivity contribution is 0.450. The highest BCUT2D eigenvalue weighted by Gasteiger charge is 2.28. The number of nitrogens with one attached hydrogen (secondary N) is 1. The van der Waals surface area contributed by atoms with E-state index in [1.165, 1.54) is 12.1 Å². The second-order valence-electron chi connectivity index (χ2n) is 7.82. The van der Waals surface area contributed by atoms with Crippen LogP contribution in [-0.4, -0.2) is 28.1 Å². The molecule has 3 aromatic carbocycles. The van der Waals surface area contributed by atoms with Gasteiger partial charge in [-0.25, -0.2) is 17.5 Å². The lowest BCUT2D eigenvalue weighted by Crippen LogP contribution is -2.45. The van der Waals surface area contributed by atoms with Crippen molar-refractivity contribution in [2.45, 2.75) is 30.7 Å². The van der Waals surface area contributed by atoms with Crippen LogP contribution in [0.4, 0.5) is 10.1 Å². The molecule has 0 bridgehead atoms. The van der Waals surface area contributed by atoms with Gasteiger partial charge in [-0.15, -0.1) is 0 Å². The largest absolute Gasteiger partial charge is 0.377 e. The summed E-state index contributed by atoms with van der Waals surface area (Å²) in [6.45, 7) is 3.65. The third-order valence-corrected chi connectivity index (χ3v) is 6.36. The van der Waals surface area contributed by atoms with E-state index in [2.05, 4.69) is 4.72 Å². The Labute approximate surface area is 166 Å². The topological polar surface area (TPSA) is 49.4 Å². The molecular formula is C22H25FN2O2S. The first-order valence-corrected chi connectivity index (χ1v) is 10.5. The van der Waals surface area contributed by atoms with E-state index < -0.39 is 15.6 Å². The zero-order valence-electron chi connectivity index (χ0n) is 16.5. The first-order valence-electron chi connectivity index (χ1n) is 9.07. The molecule has 0 fully saturated rings. The molecule has 6 heteroatoms. The molecule has 0 saturated carbocycles. The minimum Gasteiger partial charge on any atom is -0.377 e. The van der Waals surface area contributed by atoms with Gasteiger partial charge in [-0.2, -0.15) is 0 Å². The Morgan fingerprint density at radius 1 is 0.929 bits per heavy atom. The molecule has 3 aromatic rings. The number of sulfonamides is 1. The summed E-state index contributed by atoms with van der Waals surface area (Å²) < 4.78 is 42.4. The van der Waals surface area contributed by atoms with E-state index in [0.717, 1.165) is 16.6 Å². The van der Waals surface area contributed by atoms with Gasteiger partial charge in [0, 0.05) is 36.1 Å². The highest BCUT2D eigenvalue weighted by atomic mass is 32.2. The van der Waals surface area contributed by atoms with Gasteiger partial charge in [0.1, 0.15) is 5.82 Å². The number of anilines is 1. The van der Waals surface area contributed by atoms with Crippen molar-refractivity contribution in [3.05, 3.63) is 72.0 Å². The van der Waals surface area contributed by atoms with Gasteiger partial charge in [0.2, 0.25) is 10.0 Å². The highest BCUT2D eigenvalue weighted by Crippen LogP contribution is 2.30. The van der Waals surface area contributed by atoms with Crippen molar-refractivity contribution in [2.24, 2.45) is 0 Å². The van der Waals surface area contributed by atoms with Crippen LogP contribution in [0.1, 0.15) is 19.4 Å². The van der Waals surface area contributed by atoms with E-state index in [1.54, 1.807) is 24.3 Å². The van der Waals surface area contributed by atoms with Crippen LogP contribution in [0.25, 0.3) is 10.8 Å². The number of hydrogen-bond acceptors (Lipinski definition) is 3. The molecule has 0 aliphatic rings. The van der Waals surface area contributed by atoms with Crippen LogP contribution in [0.2, 0.25) is 0 Å². The molecule has 0 spiro atoms. The van der Waals surface area contributed by atoms with Crippen LogP contribution in [0, 0.1) is 5.82 Å². The van der Waals surface area contributed by atoms with Gasteiger partial charge in [0.25, 0.3) is 0 Å². The van der Waals surface area contributed by atoms with Crippen LogP contribution in [-0.2, 0) is 16.4 Å². The Kier molecular flexibility index (Phi) is 5.46. The Morgan fingerprint density at radius 3 is 2.18 bits per heavy atom. The second kappa shape index (κ2) is 7.53. The van der Waals surface area contributed by atoms with Crippen molar-refractivity contribution in [3.8, 4) is 0 Å². The summed E-state index contributed by atoms with van der Waals surface area (Å²) in [5, 5.41) is 1.56. The van der Waals surface area contributed by atoms with Crippen LogP contribution in [0.15, 0.2) is 65.6 Å². The van der Waals surface area contributed by atoms with Gasteiger partial charge >= 0.3 is 0 Å². The van der Waals surface area contributed by atoms with Crippen molar-refractivity contribution in [1.29, 1.82) is 0 Å². The molecule has 0 aliphatic heterocycles. The molecule has 0 aromatic heterocycles. The quantitative estimate of drug-likeness (QED) is 0.669. The van der Waals surface area contributed by atoms with Gasteiger partial charge in [0.05, 0.1) is 4.90 Å². The van der Waals surface area contributed by atoms with E-state index in [4.69, 9.17) is 0 Å². The van der Waals surface area contributed by atoms with E-state index >= 15 is 0 Å². The predicted molar refractivity (Wildman–Crippen MR) is 113 cm³/mol. The summed E-state index contributed by atoms with van der Waals surface area (Å²) in [5.74, 6) is -0.311. The van der Waals surface area contributed by atoms with E-state index in [-0.39, 0.29) is 10.7 Å². The van der Waals surface area contributed by atoms with Gasteiger partial charge in [-0.05, 0) is 50.1 Å². The number of hydrogen-bond donors (Lipinski definition) is 1. The SMILES string of the molecule is CN(C)c1cccc2c(S(=O)(=O)NC(C)(C)Cc3ccc(F)cc3)cccc12. The molecule has 1 N–H and O–H groups in total. The third kappa shape index (κ3) is 4.34.